The third-order valence-corrected chi connectivity index (χ3v) is 5.36. The first-order valence-electron chi connectivity index (χ1n) is 8.94. The largest absolute Gasteiger partial charge is 0.369 e. The number of aromatic amines is 1. The maximum absolute atomic E-state index is 12.6. The molecule has 3 aromatic rings. The molecule has 26 heavy (non-hydrogen) atoms. The lowest BCUT2D eigenvalue weighted by atomic mass is 10.1. The van der Waals surface area contributed by atoms with Crippen LogP contribution >= 0.6 is 11.6 Å². The molecule has 0 radical (unpaired) electrons. The Balaban J connectivity index is 1.38. The van der Waals surface area contributed by atoms with E-state index in [2.05, 4.69) is 27.8 Å². The molecule has 0 bridgehead atoms. The lowest BCUT2D eigenvalue weighted by Gasteiger charge is -2.36. The first kappa shape index (κ1) is 17.1. The van der Waals surface area contributed by atoms with Crippen LogP contribution in [0.4, 0.5) is 5.69 Å². The number of carbonyl (C=O) groups excluding carboxylic acids is 1. The zero-order valence-electron chi connectivity index (χ0n) is 14.8. The topological polar surface area (TPSA) is 39.3 Å². The van der Waals surface area contributed by atoms with Gasteiger partial charge in [0.25, 0.3) is 0 Å². The number of nitrogens with zero attached hydrogens (tertiary/aromatic N) is 2. The van der Waals surface area contributed by atoms with Crippen LogP contribution in [0.5, 0.6) is 0 Å². The lowest BCUT2D eigenvalue weighted by Crippen LogP contribution is -2.48. The lowest BCUT2D eigenvalue weighted by molar-refractivity contribution is 0.0926. The summed E-state index contributed by atoms with van der Waals surface area (Å²) in [5.41, 5.74) is 4.28. The number of carbonyl (C=O) groups is 1. The van der Waals surface area contributed by atoms with Crippen LogP contribution in [0.3, 0.4) is 0 Å². The summed E-state index contributed by atoms with van der Waals surface area (Å²) in [5, 5.41) is 1.85. The fourth-order valence-corrected chi connectivity index (χ4v) is 3.76. The Bertz CT molecular complexity index is 941. The zero-order valence-corrected chi connectivity index (χ0v) is 15.6. The maximum atomic E-state index is 12.6. The highest BCUT2D eigenvalue weighted by molar-refractivity contribution is 6.30. The number of Topliss-reactive ketones (excluding diaryl/α,β-unsaturated/α-hetero) is 1. The molecule has 134 valence electrons. The number of benzene rings is 2. The molecule has 1 fully saturated rings. The van der Waals surface area contributed by atoms with Crippen molar-refractivity contribution in [3.05, 3.63) is 64.8 Å². The molecular weight excluding hydrogens is 346 g/mol. The minimum Gasteiger partial charge on any atom is -0.369 e. The van der Waals surface area contributed by atoms with Gasteiger partial charge in [0.2, 0.25) is 0 Å². The van der Waals surface area contributed by atoms with Gasteiger partial charge in [0.15, 0.2) is 5.78 Å². The third-order valence-electron chi connectivity index (χ3n) is 5.13. The third kappa shape index (κ3) is 3.48. The average molecular weight is 368 g/mol. The van der Waals surface area contributed by atoms with Crippen molar-refractivity contribution < 1.29 is 4.79 Å². The van der Waals surface area contributed by atoms with Gasteiger partial charge in [-0.25, -0.2) is 0 Å². The predicted octanol–water partition coefficient (Wildman–Crippen LogP) is 4.13. The summed E-state index contributed by atoms with van der Waals surface area (Å²) in [5.74, 6) is 0.181. The van der Waals surface area contributed by atoms with Crippen LogP contribution < -0.4 is 4.90 Å². The molecule has 5 heteroatoms. The van der Waals surface area contributed by atoms with Crippen molar-refractivity contribution in [1.29, 1.82) is 0 Å². The van der Waals surface area contributed by atoms with E-state index in [0.717, 1.165) is 47.7 Å². The summed E-state index contributed by atoms with van der Waals surface area (Å²) in [6.45, 7) is 6.15. The number of hydrogen-bond acceptors (Lipinski definition) is 3. The number of ketones is 1. The molecule has 0 unspecified atom stereocenters. The van der Waals surface area contributed by atoms with Crippen LogP contribution in [0, 0.1) is 6.92 Å². The van der Waals surface area contributed by atoms with Gasteiger partial charge in [-0.2, -0.15) is 0 Å². The number of halogens is 1. The molecule has 2 heterocycles. The van der Waals surface area contributed by atoms with Crippen molar-refractivity contribution in [1.82, 2.24) is 9.88 Å². The van der Waals surface area contributed by atoms with Crippen molar-refractivity contribution in [3.8, 4) is 0 Å². The van der Waals surface area contributed by atoms with Gasteiger partial charge in [-0.15, -0.1) is 0 Å². The van der Waals surface area contributed by atoms with Crippen LogP contribution in [0.25, 0.3) is 10.9 Å². The number of rotatable bonds is 4. The molecule has 0 aliphatic carbocycles. The normalized spacial score (nSPS) is 15.5. The molecule has 0 spiro atoms. The fraction of sp³-hybridized carbons (Fsp3) is 0.286. The van der Waals surface area contributed by atoms with Gasteiger partial charge in [-0.05, 0) is 48.9 Å². The second-order valence-corrected chi connectivity index (χ2v) is 7.33. The van der Waals surface area contributed by atoms with Crippen LogP contribution in [-0.2, 0) is 0 Å². The average Bonchev–Trinajstić information content (AvgIpc) is 3.12. The van der Waals surface area contributed by atoms with Gasteiger partial charge < -0.3 is 9.88 Å². The summed E-state index contributed by atoms with van der Waals surface area (Å²) < 4.78 is 0. The number of nitrogens with one attached hydrogen (secondary N) is 1. The monoisotopic (exact) mass is 367 g/mol. The van der Waals surface area contributed by atoms with Crippen LogP contribution in [0.1, 0.15) is 15.9 Å². The first-order chi connectivity index (χ1) is 12.6. The van der Waals surface area contributed by atoms with E-state index in [1.165, 1.54) is 11.3 Å². The van der Waals surface area contributed by atoms with Crippen LogP contribution in [-0.4, -0.2) is 48.4 Å². The molecule has 4 rings (SSSR count). The van der Waals surface area contributed by atoms with E-state index in [1.54, 1.807) is 0 Å². The standard InChI is InChI=1S/C21H22ClN3O/c1-15-2-4-18(22)13-20(15)25-10-8-24(9-11-25)14-21(26)17-3-5-19-16(12-17)6-7-23-19/h2-7,12-13,23H,8-11,14H2,1H3. The highest BCUT2D eigenvalue weighted by Gasteiger charge is 2.21. The Hall–Kier alpha value is -2.30. The Labute approximate surface area is 158 Å². The molecule has 1 saturated heterocycles. The number of anilines is 1. The molecule has 1 aliphatic heterocycles. The van der Waals surface area contributed by atoms with E-state index < -0.39 is 0 Å². The number of aryl methyl sites for hydroxylation is 1. The van der Waals surface area contributed by atoms with Gasteiger partial charge in [-0.3, -0.25) is 9.69 Å². The van der Waals surface area contributed by atoms with Gasteiger partial charge >= 0.3 is 0 Å². The van der Waals surface area contributed by atoms with E-state index in [4.69, 9.17) is 11.6 Å². The van der Waals surface area contributed by atoms with Crippen LogP contribution in [0.2, 0.25) is 5.02 Å². The highest BCUT2D eigenvalue weighted by Crippen LogP contribution is 2.25. The van der Waals surface area contributed by atoms with E-state index in [1.807, 2.05) is 42.6 Å². The van der Waals surface area contributed by atoms with Crippen LogP contribution in [0.15, 0.2) is 48.7 Å². The summed E-state index contributed by atoms with van der Waals surface area (Å²) in [6, 6.07) is 13.9. The quantitative estimate of drug-likeness (QED) is 0.704. The fourth-order valence-electron chi connectivity index (χ4n) is 3.59. The molecule has 1 N–H and O–H groups in total. The summed E-state index contributed by atoms with van der Waals surface area (Å²) >= 11 is 6.15. The number of hydrogen-bond donors (Lipinski definition) is 1. The summed E-state index contributed by atoms with van der Waals surface area (Å²) in [4.78, 5) is 20.4. The summed E-state index contributed by atoms with van der Waals surface area (Å²) in [7, 11) is 0. The number of piperazine rings is 1. The minimum absolute atomic E-state index is 0.181. The second kappa shape index (κ2) is 7.14. The summed E-state index contributed by atoms with van der Waals surface area (Å²) in [6.07, 6.45) is 1.90. The second-order valence-electron chi connectivity index (χ2n) is 6.90. The Morgan fingerprint density at radius 1 is 1.08 bits per heavy atom. The molecule has 0 amide bonds. The molecule has 0 atom stereocenters. The van der Waals surface area contributed by atoms with E-state index >= 15 is 0 Å². The molecular formula is C21H22ClN3O. The number of aromatic nitrogens is 1. The van der Waals surface area contributed by atoms with Crippen molar-refractivity contribution in [2.24, 2.45) is 0 Å². The number of H-pyrrole nitrogens is 1. The maximum Gasteiger partial charge on any atom is 0.176 e. The van der Waals surface area contributed by atoms with Crippen molar-refractivity contribution >= 4 is 34.0 Å². The Morgan fingerprint density at radius 3 is 2.69 bits per heavy atom. The highest BCUT2D eigenvalue weighted by atomic mass is 35.5. The van der Waals surface area contributed by atoms with Crippen molar-refractivity contribution in [3.63, 3.8) is 0 Å². The van der Waals surface area contributed by atoms with E-state index in [0.29, 0.717) is 6.54 Å². The van der Waals surface area contributed by atoms with E-state index in [9.17, 15) is 4.79 Å². The Morgan fingerprint density at radius 2 is 1.88 bits per heavy atom. The minimum atomic E-state index is 0.181. The zero-order chi connectivity index (χ0) is 18.1. The number of fused-ring (bicyclic) bond motifs is 1. The van der Waals surface area contributed by atoms with E-state index in [-0.39, 0.29) is 5.78 Å². The van der Waals surface area contributed by atoms with Crippen molar-refractivity contribution in [2.45, 2.75) is 6.92 Å². The Kier molecular flexibility index (Phi) is 4.70. The SMILES string of the molecule is Cc1ccc(Cl)cc1N1CCN(CC(=O)c2ccc3[nH]ccc3c2)CC1. The van der Waals surface area contributed by atoms with Gasteiger partial charge in [-0.1, -0.05) is 17.7 Å². The van der Waals surface area contributed by atoms with Gasteiger partial charge in [0.05, 0.1) is 6.54 Å². The van der Waals surface area contributed by atoms with Gasteiger partial charge in [0, 0.05) is 59.6 Å². The first-order valence-corrected chi connectivity index (χ1v) is 9.32. The molecule has 2 aromatic carbocycles. The molecule has 1 aromatic heterocycles. The van der Waals surface area contributed by atoms with Gasteiger partial charge in [0.1, 0.15) is 0 Å². The molecule has 1 aliphatic rings. The molecule has 0 saturated carbocycles. The predicted molar refractivity (Wildman–Crippen MR) is 107 cm³/mol. The smallest absolute Gasteiger partial charge is 0.176 e. The van der Waals surface area contributed by atoms with Crippen molar-refractivity contribution in [2.75, 3.05) is 37.6 Å². The molecule has 4 nitrogen and oxygen atoms in total.